The fourth-order valence-corrected chi connectivity index (χ4v) is 11.7. The molecule has 0 N–H and O–H groups in total. The zero-order valence-corrected chi connectivity index (χ0v) is 42.1. The molecule has 0 unspecified atom stereocenters. The molecular formula is C68H54N4. The zero-order chi connectivity index (χ0) is 49.5. The van der Waals surface area contributed by atoms with Crippen molar-refractivity contribution in [2.45, 2.75) is 55.4 Å². The van der Waals surface area contributed by atoms with Crippen molar-refractivity contribution in [3.8, 4) is 73.1 Å². The van der Waals surface area contributed by atoms with Crippen LogP contribution in [-0.4, -0.2) is 14.1 Å². The average molecular weight is 927 g/mol. The van der Waals surface area contributed by atoms with Crippen LogP contribution >= 0.6 is 0 Å². The summed E-state index contributed by atoms with van der Waals surface area (Å²) in [5.74, 6) is 0. The molecule has 0 atom stereocenters. The number of rotatable bonds is 7. The molecular weight excluding hydrogens is 873 g/mol. The van der Waals surface area contributed by atoms with Gasteiger partial charge in [0, 0.05) is 38.9 Å². The summed E-state index contributed by atoms with van der Waals surface area (Å²) in [6.45, 7) is 17.4. The highest BCUT2D eigenvalue weighted by atomic mass is 15.0. The van der Waals surface area contributed by atoms with E-state index in [4.69, 9.17) is 4.98 Å². The van der Waals surface area contributed by atoms with E-state index in [1.54, 1.807) is 0 Å². The van der Waals surface area contributed by atoms with Crippen molar-refractivity contribution in [3.63, 3.8) is 0 Å². The number of fused-ring (bicyclic) bond motifs is 6. The third kappa shape index (κ3) is 7.75. The Labute approximate surface area is 421 Å². The van der Waals surface area contributed by atoms with Gasteiger partial charge >= 0.3 is 0 Å². The molecule has 9 aromatic carbocycles. The Morgan fingerprint density at radius 2 is 0.639 bits per heavy atom. The molecule has 0 saturated heterocycles. The number of nitrogens with zero attached hydrogens (tertiary/aromatic N) is 4. The van der Waals surface area contributed by atoms with Crippen molar-refractivity contribution < 1.29 is 0 Å². The number of nitriles is 1. The quantitative estimate of drug-likeness (QED) is 0.160. The SMILES string of the molecule is Cc1cc(C)cc(-c2ccc3c(c2)c2cc(-c4cc(C)cc(C)c4)ccc2n3-c2cnccc2-c2ccc(C#N)cc2-n2c3ccc(-c4cc(C)cc(C)c4)cc3c3cc(-c4cc(C)cc(C)c4)ccc32)c1. The van der Waals surface area contributed by atoms with Crippen LogP contribution in [0, 0.1) is 66.7 Å². The highest BCUT2D eigenvalue weighted by Crippen LogP contribution is 2.44. The van der Waals surface area contributed by atoms with E-state index in [1.165, 1.54) is 99.8 Å². The van der Waals surface area contributed by atoms with E-state index in [-0.39, 0.29) is 0 Å². The first-order valence-electron chi connectivity index (χ1n) is 24.9. The maximum Gasteiger partial charge on any atom is 0.0992 e. The van der Waals surface area contributed by atoms with Crippen molar-refractivity contribution in [1.82, 2.24) is 14.1 Å². The minimum absolute atomic E-state index is 0.591. The van der Waals surface area contributed by atoms with E-state index in [9.17, 15) is 5.26 Å². The van der Waals surface area contributed by atoms with Gasteiger partial charge in [-0.05, 0) is 167 Å². The second kappa shape index (κ2) is 17.3. The molecule has 0 aliphatic rings. The molecule has 0 spiro atoms. The number of hydrogen-bond acceptors (Lipinski definition) is 2. The molecule has 0 fully saturated rings. The minimum atomic E-state index is 0.591. The second-order valence-corrected chi connectivity index (χ2v) is 20.3. The average Bonchev–Trinajstić information content (AvgIpc) is 3.86. The lowest BCUT2D eigenvalue weighted by Gasteiger charge is -2.19. The summed E-state index contributed by atoms with van der Waals surface area (Å²) in [6.07, 6.45) is 3.90. The Bertz CT molecular complexity index is 3970. The van der Waals surface area contributed by atoms with Gasteiger partial charge in [-0.3, -0.25) is 4.98 Å². The van der Waals surface area contributed by atoms with Gasteiger partial charge < -0.3 is 9.13 Å². The molecule has 346 valence electrons. The van der Waals surface area contributed by atoms with Crippen molar-refractivity contribution in [2.75, 3.05) is 0 Å². The lowest BCUT2D eigenvalue weighted by atomic mass is 9.97. The van der Waals surface area contributed by atoms with Crippen LogP contribution in [0.2, 0.25) is 0 Å². The zero-order valence-electron chi connectivity index (χ0n) is 42.1. The van der Waals surface area contributed by atoms with Gasteiger partial charge in [0.2, 0.25) is 0 Å². The Morgan fingerprint density at radius 1 is 0.319 bits per heavy atom. The van der Waals surface area contributed by atoms with Gasteiger partial charge in [0.15, 0.2) is 0 Å². The van der Waals surface area contributed by atoms with E-state index in [0.29, 0.717) is 5.56 Å². The largest absolute Gasteiger partial charge is 0.309 e. The van der Waals surface area contributed by atoms with Crippen molar-refractivity contribution in [1.29, 1.82) is 5.26 Å². The maximum absolute atomic E-state index is 10.6. The van der Waals surface area contributed by atoms with Gasteiger partial charge in [0.25, 0.3) is 0 Å². The topological polar surface area (TPSA) is 46.5 Å². The van der Waals surface area contributed by atoms with E-state index in [2.05, 4.69) is 234 Å². The fraction of sp³-hybridized carbons (Fsp3) is 0.118. The molecule has 0 amide bonds. The Kier molecular flexibility index (Phi) is 10.7. The summed E-state index contributed by atoms with van der Waals surface area (Å²) in [5, 5.41) is 15.2. The molecule has 0 radical (unpaired) electrons. The third-order valence-electron chi connectivity index (χ3n) is 14.4. The Balaban J connectivity index is 1.12. The summed E-state index contributed by atoms with van der Waals surface area (Å²) in [7, 11) is 0. The molecule has 4 nitrogen and oxygen atoms in total. The van der Waals surface area contributed by atoms with Crippen LogP contribution in [0.3, 0.4) is 0 Å². The highest BCUT2D eigenvalue weighted by molar-refractivity contribution is 6.14. The first-order chi connectivity index (χ1) is 34.8. The van der Waals surface area contributed by atoms with Crippen LogP contribution in [0.5, 0.6) is 0 Å². The van der Waals surface area contributed by atoms with Gasteiger partial charge in [-0.1, -0.05) is 148 Å². The van der Waals surface area contributed by atoms with E-state index < -0.39 is 0 Å². The lowest BCUT2D eigenvalue weighted by molar-refractivity contribution is 1.13. The van der Waals surface area contributed by atoms with Gasteiger partial charge in [-0.15, -0.1) is 0 Å². The van der Waals surface area contributed by atoms with Gasteiger partial charge in [0.1, 0.15) is 0 Å². The molecule has 3 aromatic heterocycles. The number of benzene rings is 9. The number of aryl methyl sites for hydroxylation is 8. The molecule has 12 aromatic rings. The fourth-order valence-electron chi connectivity index (χ4n) is 11.7. The normalized spacial score (nSPS) is 11.6. The van der Waals surface area contributed by atoms with E-state index in [1.807, 2.05) is 18.5 Å². The van der Waals surface area contributed by atoms with Crippen molar-refractivity contribution in [2.24, 2.45) is 0 Å². The highest BCUT2D eigenvalue weighted by Gasteiger charge is 2.23. The predicted octanol–water partition coefficient (Wildman–Crippen LogP) is 17.9. The molecule has 3 heterocycles. The standard InChI is InChI=1S/C68H54N4/c1-40-21-41(2)26-53(25-40)49-10-15-63-59(34-49)60-35-50(54-27-42(3)22-43(4)28-54)11-16-64(60)71(63)67-33-48(38-69)9-14-57(67)58-19-20-70-39-68(58)72-65-17-12-51(55-29-44(5)23-45(6)30-55)36-61(65)62-37-52(13-18-66(62)72)56-31-46(7)24-47(8)32-56/h9-37,39H,1-8H3. The van der Waals surface area contributed by atoms with E-state index in [0.717, 1.165) is 55.3 Å². The smallest absolute Gasteiger partial charge is 0.0992 e. The van der Waals surface area contributed by atoms with Crippen LogP contribution in [0.4, 0.5) is 0 Å². The van der Waals surface area contributed by atoms with E-state index >= 15 is 0 Å². The summed E-state index contributed by atoms with van der Waals surface area (Å²) in [5.41, 5.74) is 28.2. The number of pyridine rings is 1. The van der Waals surface area contributed by atoms with Gasteiger partial charge in [-0.2, -0.15) is 5.26 Å². The predicted molar refractivity (Wildman–Crippen MR) is 303 cm³/mol. The Hall–Kier alpha value is -8.78. The summed E-state index contributed by atoms with van der Waals surface area (Å²) in [4.78, 5) is 4.86. The van der Waals surface area contributed by atoms with Crippen LogP contribution in [-0.2, 0) is 0 Å². The monoisotopic (exact) mass is 926 g/mol. The lowest BCUT2D eigenvalue weighted by Crippen LogP contribution is -2.02. The van der Waals surface area contributed by atoms with Crippen LogP contribution in [0.1, 0.15) is 50.1 Å². The van der Waals surface area contributed by atoms with Crippen LogP contribution < -0.4 is 0 Å². The first-order valence-corrected chi connectivity index (χ1v) is 24.9. The summed E-state index contributed by atoms with van der Waals surface area (Å²) >= 11 is 0. The molecule has 0 aliphatic heterocycles. The second-order valence-electron chi connectivity index (χ2n) is 20.3. The number of aromatic nitrogens is 3. The Morgan fingerprint density at radius 3 is 0.972 bits per heavy atom. The number of hydrogen-bond donors (Lipinski definition) is 0. The molecule has 0 saturated carbocycles. The summed E-state index contributed by atoms with van der Waals surface area (Å²) in [6, 6.07) is 65.5. The molecule has 72 heavy (non-hydrogen) atoms. The molecule has 4 heteroatoms. The van der Waals surface area contributed by atoms with Crippen LogP contribution in [0.15, 0.2) is 182 Å². The van der Waals surface area contributed by atoms with Crippen molar-refractivity contribution in [3.05, 3.63) is 232 Å². The molecule has 12 rings (SSSR count). The minimum Gasteiger partial charge on any atom is -0.309 e. The summed E-state index contributed by atoms with van der Waals surface area (Å²) < 4.78 is 4.77. The van der Waals surface area contributed by atoms with Gasteiger partial charge in [-0.25, -0.2) is 0 Å². The third-order valence-corrected chi connectivity index (χ3v) is 14.4. The van der Waals surface area contributed by atoms with Gasteiger partial charge in [0.05, 0.1) is 51.3 Å². The van der Waals surface area contributed by atoms with Crippen LogP contribution in [0.25, 0.3) is 111 Å². The molecule has 0 bridgehead atoms. The molecule has 0 aliphatic carbocycles. The van der Waals surface area contributed by atoms with Crippen molar-refractivity contribution >= 4 is 43.6 Å². The maximum atomic E-state index is 10.6. The first kappa shape index (κ1) is 44.4.